The van der Waals surface area contributed by atoms with Crippen molar-refractivity contribution in [2.75, 3.05) is 13.1 Å². The predicted octanol–water partition coefficient (Wildman–Crippen LogP) is -0.125. The Labute approximate surface area is 128 Å². The number of allylic oxidation sites excluding steroid dienone is 1. The number of nitrogens with zero attached hydrogens (tertiary/aromatic N) is 2. The van der Waals surface area contributed by atoms with E-state index < -0.39 is 11.2 Å². The summed E-state index contributed by atoms with van der Waals surface area (Å²) in [7, 11) is 0. The van der Waals surface area contributed by atoms with Gasteiger partial charge in [-0.1, -0.05) is 12.7 Å². The maximum absolute atomic E-state index is 11.3. The monoisotopic (exact) mass is 307 g/mol. The minimum Gasteiger partial charge on any atom is -0.503 e. The van der Waals surface area contributed by atoms with Crippen LogP contribution in [0.3, 0.4) is 0 Å². The molecule has 0 spiro atoms. The zero-order valence-corrected chi connectivity index (χ0v) is 12.4. The van der Waals surface area contributed by atoms with Gasteiger partial charge in [-0.05, 0) is 6.92 Å². The molecule has 22 heavy (non-hydrogen) atoms. The lowest BCUT2D eigenvalue weighted by Crippen LogP contribution is -2.32. The molecule has 120 valence electrons. The van der Waals surface area contributed by atoms with Crippen LogP contribution < -0.4 is 21.8 Å². The van der Waals surface area contributed by atoms with Crippen LogP contribution in [0, 0.1) is 0 Å². The van der Waals surface area contributed by atoms with Gasteiger partial charge in [-0.2, -0.15) is 4.73 Å². The number of rotatable bonds is 8. The summed E-state index contributed by atoms with van der Waals surface area (Å²) in [5, 5.41) is 24.8. The van der Waals surface area contributed by atoms with Crippen molar-refractivity contribution in [3.8, 4) is 5.75 Å². The average Bonchev–Trinajstić information content (AvgIpc) is 2.48. The van der Waals surface area contributed by atoms with E-state index in [4.69, 9.17) is 10.8 Å². The Bertz CT molecular complexity index is 634. The summed E-state index contributed by atoms with van der Waals surface area (Å²) in [6, 6.07) is 1.17. The fraction of sp³-hybridized carbons (Fsp3) is 0.286. The van der Waals surface area contributed by atoms with E-state index >= 15 is 0 Å². The Kier molecular flexibility index (Phi) is 6.71. The highest BCUT2D eigenvalue weighted by Crippen LogP contribution is 2.02. The third-order valence-electron chi connectivity index (χ3n) is 2.81. The Hall–Kier alpha value is -2.74. The van der Waals surface area contributed by atoms with E-state index in [1.54, 1.807) is 6.08 Å². The molecule has 6 N–H and O–H groups in total. The van der Waals surface area contributed by atoms with Gasteiger partial charge in [0.25, 0.3) is 0 Å². The molecule has 0 saturated carbocycles. The summed E-state index contributed by atoms with van der Waals surface area (Å²) >= 11 is 0. The van der Waals surface area contributed by atoms with Crippen molar-refractivity contribution in [1.82, 2.24) is 15.4 Å². The second-order valence-corrected chi connectivity index (χ2v) is 4.36. The maximum Gasteiger partial charge on any atom is 0.223 e. The van der Waals surface area contributed by atoms with E-state index in [0.29, 0.717) is 35.0 Å². The molecular weight excluding hydrogens is 286 g/mol. The standard InChI is InChI=1S/C14H21N5O3/c1-3-11(14(15)17-4-2)18-6-5-16-8-10-7-12(20)13(21)9-19(10)22/h3-4,7,9,16,18,21-22H,2,5-6,8H2,1H3,(H2,15,17)/b11-3+. The van der Waals surface area contributed by atoms with E-state index in [0.717, 1.165) is 6.20 Å². The SMILES string of the molecule is C=C/N=C(N)\C(=C/C)NCCNCc1cc(=O)c(O)cn1O. The molecule has 1 aromatic rings. The summed E-state index contributed by atoms with van der Waals surface area (Å²) in [5.41, 5.74) is 6.24. The van der Waals surface area contributed by atoms with E-state index in [2.05, 4.69) is 22.2 Å². The molecule has 0 saturated heterocycles. The van der Waals surface area contributed by atoms with Gasteiger partial charge >= 0.3 is 0 Å². The van der Waals surface area contributed by atoms with Crippen molar-refractivity contribution in [3.63, 3.8) is 0 Å². The van der Waals surface area contributed by atoms with Gasteiger partial charge in [0.2, 0.25) is 5.43 Å². The number of nitrogens with one attached hydrogen (secondary N) is 2. The second kappa shape index (κ2) is 8.53. The molecule has 0 aromatic carbocycles. The smallest absolute Gasteiger partial charge is 0.223 e. The van der Waals surface area contributed by atoms with Crippen molar-refractivity contribution >= 4 is 5.84 Å². The van der Waals surface area contributed by atoms with Crippen LogP contribution in [0.4, 0.5) is 0 Å². The molecule has 0 fully saturated rings. The number of amidine groups is 1. The molecule has 0 amide bonds. The third kappa shape index (κ3) is 4.98. The largest absolute Gasteiger partial charge is 0.503 e. The predicted molar refractivity (Wildman–Crippen MR) is 84.8 cm³/mol. The van der Waals surface area contributed by atoms with Crippen molar-refractivity contribution in [2.45, 2.75) is 13.5 Å². The summed E-state index contributed by atoms with van der Waals surface area (Å²) in [5.74, 6) is -0.150. The molecule has 0 bridgehead atoms. The first-order valence-corrected chi connectivity index (χ1v) is 6.68. The molecule has 0 aliphatic carbocycles. The molecule has 0 aliphatic heterocycles. The van der Waals surface area contributed by atoms with Crippen LogP contribution in [0.15, 0.2) is 46.6 Å². The van der Waals surface area contributed by atoms with Gasteiger partial charge in [-0.15, -0.1) is 0 Å². The van der Waals surface area contributed by atoms with Crippen LogP contribution in [-0.4, -0.2) is 34.0 Å². The van der Waals surface area contributed by atoms with Gasteiger partial charge in [0.1, 0.15) is 5.84 Å². The van der Waals surface area contributed by atoms with Crippen molar-refractivity contribution in [2.24, 2.45) is 10.7 Å². The normalized spacial score (nSPS) is 12.2. The Morgan fingerprint density at radius 1 is 1.55 bits per heavy atom. The quantitative estimate of drug-likeness (QED) is 0.197. The van der Waals surface area contributed by atoms with Crippen LogP contribution in [0.5, 0.6) is 5.75 Å². The highest BCUT2D eigenvalue weighted by Gasteiger charge is 2.04. The van der Waals surface area contributed by atoms with Gasteiger partial charge in [0.05, 0.1) is 17.6 Å². The zero-order chi connectivity index (χ0) is 16.5. The molecule has 0 aliphatic rings. The fourth-order valence-electron chi connectivity index (χ4n) is 1.70. The Morgan fingerprint density at radius 3 is 2.91 bits per heavy atom. The lowest BCUT2D eigenvalue weighted by atomic mass is 10.3. The van der Waals surface area contributed by atoms with Gasteiger partial charge in [0.15, 0.2) is 5.75 Å². The first kappa shape index (κ1) is 17.3. The first-order chi connectivity index (χ1) is 10.5. The second-order valence-electron chi connectivity index (χ2n) is 4.36. The fourth-order valence-corrected chi connectivity index (χ4v) is 1.70. The van der Waals surface area contributed by atoms with E-state index in [1.807, 2.05) is 6.92 Å². The molecule has 0 unspecified atom stereocenters. The highest BCUT2D eigenvalue weighted by molar-refractivity contribution is 5.96. The summed E-state index contributed by atoms with van der Waals surface area (Å²) in [6.07, 6.45) is 4.12. The molecular formula is C14H21N5O3. The lowest BCUT2D eigenvalue weighted by Gasteiger charge is -2.11. The summed E-state index contributed by atoms with van der Waals surface area (Å²) in [6.45, 7) is 6.72. The number of pyridine rings is 1. The molecule has 1 aromatic heterocycles. The lowest BCUT2D eigenvalue weighted by molar-refractivity contribution is 0.169. The van der Waals surface area contributed by atoms with E-state index in [9.17, 15) is 10.0 Å². The zero-order valence-electron chi connectivity index (χ0n) is 12.4. The van der Waals surface area contributed by atoms with Gasteiger partial charge in [-0.25, -0.2) is 4.99 Å². The van der Waals surface area contributed by atoms with Gasteiger partial charge < -0.3 is 26.7 Å². The van der Waals surface area contributed by atoms with Gasteiger partial charge in [-0.3, -0.25) is 4.79 Å². The number of aromatic nitrogens is 1. The summed E-state index contributed by atoms with van der Waals surface area (Å²) < 4.78 is 0.712. The van der Waals surface area contributed by atoms with Crippen LogP contribution in [0.2, 0.25) is 0 Å². The summed E-state index contributed by atoms with van der Waals surface area (Å²) in [4.78, 5) is 15.2. The molecule has 0 atom stereocenters. The van der Waals surface area contributed by atoms with Gasteiger partial charge in [0, 0.05) is 31.9 Å². The number of hydrogen-bond donors (Lipinski definition) is 5. The van der Waals surface area contributed by atoms with Crippen molar-refractivity contribution in [3.05, 3.63) is 52.7 Å². The average molecular weight is 307 g/mol. The third-order valence-corrected chi connectivity index (χ3v) is 2.81. The van der Waals surface area contributed by atoms with Crippen molar-refractivity contribution < 1.29 is 10.3 Å². The molecule has 0 radical (unpaired) electrons. The molecule has 8 heteroatoms. The molecule has 1 rings (SSSR count). The number of hydrogen-bond acceptors (Lipinski definition) is 6. The number of aromatic hydroxyl groups is 1. The minimum atomic E-state index is -0.537. The molecule has 1 heterocycles. The topological polar surface area (TPSA) is 125 Å². The van der Waals surface area contributed by atoms with E-state index in [-0.39, 0.29) is 6.54 Å². The Balaban J connectivity index is 2.43. The maximum atomic E-state index is 11.3. The molecule has 8 nitrogen and oxygen atoms in total. The Morgan fingerprint density at radius 2 is 2.27 bits per heavy atom. The van der Waals surface area contributed by atoms with Crippen LogP contribution >= 0.6 is 0 Å². The van der Waals surface area contributed by atoms with E-state index in [1.165, 1.54) is 12.3 Å². The van der Waals surface area contributed by atoms with Crippen LogP contribution in [0.1, 0.15) is 12.6 Å². The first-order valence-electron chi connectivity index (χ1n) is 6.68. The van der Waals surface area contributed by atoms with Crippen LogP contribution in [0.25, 0.3) is 0 Å². The number of aliphatic imine (C=N–C) groups is 1. The minimum absolute atomic E-state index is 0.273. The number of nitrogens with two attached hydrogens (primary N) is 1. The van der Waals surface area contributed by atoms with Crippen molar-refractivity contribution in [1.29, 1.82) is 0 Å². The highest BCUT2D eigenvalue weighted by atomic mass is 16.5. The van der Waals surface area contributed by atoms with Crippen LogP contribution in [-0.2, 0) is 6.54 Å².